The number of hydrogen-bond acceptors (Lipinski definition) is 18. The molecule has 17 unspecified atom stereocenters. The molecular formula is C62H115NO18. The van der Waals surface area contributed by atoms with Gasteiger partial charge in [-0.1, -0.05) is 205 Å². The maximum atomic E-state index is 13.3. The lowest BCUT2D eigenvalue weighted by Crippen LogP contribution is -2.66. The Kier molecular flexibility index (Phi) is 41.4. The molecule has 1 amide bonds. The van der Waals surface area contributed by atoms with E-state index in [1.165, 1.54) is 141 Å². The number of rotatable bonds is 48. The van der Waals surface area contributed by atoms with Gasteiger partial charge in [-0.2, -0.15) is 0 Å². The maximum absolute atomic E-state index is 13.3. The van der Waals surface area contributed by atoms with Crippen molar-refractivity contribution in [1.29, 1.82) is 0 Å². The molecule has 0 radical (unpaired) electrons. The molecule has 19 heteroatoms. The van der Waals surface area contributed by atoms with Gasteiger partial charge >= 0.3 is 0 Å². The Hall–Kier alpha value is -1.73. The van der Waals surface area contributed by atoms with E-state index in [-0.39, 0.29) is 18.9 Å². The second kappa shape index (κ2) is 45.6. The second-order valence-electron chi connectivity index (χ2n) is 23.2. The van der Waals surface area contributed by atoms with Crippen LogP contribution < -0.4 is 5.32 Å². The van der Waals surface area contributed by atoms with Crippen LogP contribution in [0.4, 0.5) is 0 Å². The zero-order valence-electron chi connectivity index (χ0n) is 49.8. The first-order valence-electron chi connectivity index (χ1n) is 32.1. The molecule has 19 nitrogen and oxygen atoms in total. The molecular weight excluding hydrogens is 1050 g/mol. The Labute approximate surface area is 486 Å². The van der Waals surface area contributed by atoms with Crippen molar-refractivity contribution in [3.05, 3.63) is 24.3 Å². The number of ether oxygens (including phenoxy) is 6. The zero-order chi connectivity index (χ0) is 59.0. The van der Waals surface area contributed by atoms with Gasteiger partial charge in [-0.3, -0.25) is 4.79 Å². The van der Waals surface area contributed by atoms with E-state index in [4.69, 9.17) is 28.4 Å². The highest BCUT2D eigenvalue weighted by Crippen LogP contribution is 2.33. The van der Waals surface area contributed by atoms with Crippen molar-refractivity contribution in [3.63, 3.8) is 0 Å². The van der Waals surface area contributed by atoms with E-state index in [0.29, 0.717) is 6.42 Å². The first-order chi connectivity index (χ1) is 39.3. The lowest BCUT2D eigenvalue weighted by Gasteiger charge is -2.48. The van der Waals surface area contributed by atoms with Crippen LogP contribution in [-0.4, -0.2) is 193 Å². The molecule has 0 saturated carbocycles. The van der Waals surface area contributed by atoms with Crippen molar-refractivity contribution >= 4 is 5.91 Å². The first kappa shape index (κ1) is 73.5. The summed E-state index contributed by atoms with van der Waals surface area (Å²) >= 11 is 0. The van der Waals surface area contributed by atoms with Crippen molar-refractivity contribution in [2.75, 3.05) is 26.4 Å². The highest BCUT2D eigenvalue weighted by Gasteiger charge is 2.53. The van der Waals surface area contributed by atoms with Crippen LogP contribution in [0.15, 0.2) is 24.3 Å². The van der Waals surface area contributed by atoms with E-state index >= 15 is 0 Å². The lowest BCUT2D eigenvalue weighted by atomic mass is 9.96. The summed E-state index contributed by atoms with van der Waals surface area (Å²) in [4.78, 5) is 13.3. The number of allylic oxidation sites excluding steroid dienone is 3. The molecule has 3 aliphatic rings. The van der Waals surface area contributed by atoms with Crippen LogP contribution in [0.5, 0.6) is 0 Å². The molecule has 0 aromatic rings. The van der Waals surface area contributed by atoms with E-state index in [2.05, 4.69) is 31.3 Å². The molecule has 3 rings (SSSR count). The Morgan fingerprint density at radius 3 is 1.22 bits per heavy atom. The molecule has 0 spiro atoms. The normalized spacial score (nSPS) is 29.9. The van der Waals surface area contributed by atoms with Gasteiger partial charge in [0.25, 0.3) is 0 Å². The fourth-order valence-electron chi connectivity index (χ4n) is 11.0. The fourth-order valence-corrected chi connectivity index (χ4v) is 11.0. The van der Waals surface area contributed by atoms with Crippen LogP contribution in [0.25, 0.3) is 0 Å². The van der Waals surface area contributed by atoms with E-state index in [1.807, 2.05) is 6.08 Å². The van der Waals surface area contributed by atoms with Gasteiger partial charge in [-0.15, -0.1) is 0 Å². The van der Waals surface area contributed by atoms with Gasteiger partial charge in [0.2, 0.25) is 5.91 Å². The van der Waals surface area contributed by atoms with Crippen LogP contribution in [-0.2, 0) is 33.2 Å². The number of hydrogen-bond donors (Lipinski definition) is 12. The summed E-state index contributed by atoms with van der Waals surface area (Å²) in [6.07, 6.45) is 21.7. The molecule has 0 aromatic heterocycles. The Morgan fingerprint density at radius 2 is 0.778 bits per heavy atom. The number of nitrogens with one attached hydrogen (secondary N) is 1. The smallest absolute Gasteiger partial charge is 0.220 e. The SMILES string of the molecule is CCCCC/C=C\CCCCCCCC(=O)NC(COC1OC(CO)C(OC2OC(CO)C(OC3OC(CO)C(O)C(O)C3O)C(O)C2O)C(O)C1O)C(O)/C=C/CCCCCCCCCCCCCCCCCCCCCCCC. The van der Waals surface area contributed by atoms with E-state index in [9.17, 15) is 61.0 Å². The second-order valence-corrected chi connectivity index (χ2v) is 23.2. The summed E-state index contributed by atoms with van der Waals surface area (Å²) in [5, 5.41) is 120. The van der Waals surface area contributed by atoms with Crippen molar-refractivity contribution in [3.8, 4) is 0 Å². The molecule has 476 valence electrons. The molecule has 0 bridgehead atoms. The molecule has 81 heavy (non-hydrogen) atoms. The molecule has 12 N–H and O–H groups in total. The van der Waals surface area contributed by atoms with E-state index < -0.39 is 124 Å². The molecule has 3 saturated heterocycles. The number of aliphatic hydroxyl groups is 11. The number of carbonyl (C=O) groups excluding carboxylic acids is 1. The van der Waals surface area contributed by atoms with Crippen LogP contribution in [0.3, 0.4) is 0 Å². The van der Waals surface area contributed by atoms with Gasteiger partial charge in [0.1, 0.15) is 73.2 Å². The quantitative estimate of drug-likeness (QED) is 0.0222. The fraction of sp³-hybridized carbons (Fsp3) is 0.919. The maximum Gasteiger partial charge on any atom is 0.220 e. The van der Waals surface area contributed by atoms with Crippen LogP contribution in [0.2, 0.25) is 0 Å². The van der Waals surface area contributed by atoms with Gasteiger partial charge < -0.3 is 89.9 Å². The minimum absolute atomic E-state index is 0.234. The van der Waals surface area contributed by atoms with Crippen molar-refractivity contribution in [2.24, 2.45) is 0 Å². The summed E-state index contributed by atoms with van der Waals surface area (Å²) in [6.45, 7) is 1.70. The largest absolute Gasteiger partial charge is 0.394 e. The van der Waals surface area contributed by atoms with Crippen LogP contribution >= 0.6 is 0 Å². The monoisotopic (exact) mass is 1160 g/mol. The number of amides is 1. The molecule has 0 aromatic carbocycles. The Bertz CT molecular complexity index is 1580. The molecule has 17 atom stereocenters. The Morgan fingerprint density at radius 1 is 0.432 bits per heavy atom. The summed E-state index contributed by atoms with van der Waals surface area (Å²) < 4.78 is 34.3. The minimum atomic E-state index is -1.98. The summed E-state index contributed by atoms with van der Waals surface area (Å²) in [6, 6.07) is -0.974. The predicted octanol–water partition coefficient (Wildman–Crippen LogP) is 6.71. The summed E-state index contributed by atoms with van der Waals surface area (Å²) in [5.74, 6) is -0.285. The highest BCUT2D eigenvalue weighted by molar-refractivity contribution is 5.76. The number of aliphatic hydroxyl groups excluding tert-OH is 11. The van der Waals surface area contributed by atoms with Crippen LogP contribution in [0, 0.1) is 0 Å². The van der Waals surface area contributed by atoms with Crippen molar-refractivity contribution < 1.29 is 89.4 Å². The first-order valence-corrected chi connectivity index (χ1v) is 32.1. The van der Waals surface area contributed by atoms with Crippen LogP contribution in [0.1, 0.15) is 232 Å². The summed E-state index contributed by atoms with van der Waals surface area (Å²) in [7, 11) is 0. The number of carbonyl (C=O) groups is 1. The topological polar surface area (TPSA) is 307 Å². The van der Waals surface area contributed by atoms with E-state index in [0.717, 1.165) is 64.2 Å². The van der Waals surface area contributed by atoms with Gasteiger partial charge in [0, 0.05) is 6.42 Å². The third-order valence-corrected chi connectivity index (χ3v) is 16.2. The van der Waals surface area contributed by atoms with Gasteiger partial charge in [-0.05, 0) is 44.9 Å². The highest BCUT2D eigenvalue weighted by atomic mass is 16.8. The third-order valence-electron chi connectivity index (χ3n) is 16.2. The van der Waals surface area contributed by atoms with Crippen molar-refractivity contribution in [2.45, 2.75) is 336 Å². The zero-order valence-corrected chi connectivity index (χ0v) is 49.8. The predicted molar refractivity (Wildman–Crippen MR) is 310 cm³/mol. The van der Waals surface area contributed by atoms with Gasteiger partial charge in [0.15, 0.2) is 18.9 Å². The molecule has 0 aliphatic carbocycles. The van der Waals surface area contributed by atoms with Gasteiger partial charge in [0.05, 0.1) is 38.6 Å². The number of unbranched alkanes of at least 4 members (excludes halogenated alkanes) is 30. The molecule has 3 aliphatic heterocycles. The average molecular weight is 1160 g/mol. The molecule has 3 heterocycles. The van der Waals surface area contributed by atoms with Crippen molar-refractivity contribution in [1.82, 2.24) is 5.32 Å². The summed E-state index contributed by atoms with van der Waals surface area (Å²) in [5.41, 5.74) is 0. The lowest BCUT2D eigenvalue weighted by molar-refractivity contribution is -0.379. The Balaban J connectivity index is 1.45. The molecule has 3 fully saturated rings. The van der Waals surface area contributed by atoms with E-state index in [1.54, 1.807) is 6.08 Å². The standard InChI is InChI=1S/C62H115NO18/c1-3-5-7-9-11-13-15-17-18-19-20-21-22-23-24-25-26-27-28-29-31-33-35-37-39-46(67)45(63-50(68)40-38-36-34-32-30-16-14-12-10-8-6-4-2)44-76-60-56(74)53(71)58(48(42-65)78-60)81-62-57(75)54(72)59(49(43-66)79-62)80-61-55(73)52(70)51(69)47(41-64)77-61/h12,14,37,39,45-49,51-62,64-67,69-75H,3-11,13,15-36,38,40-44H2,1-2H3,(H,63,68)/b14-12-,39-37+. The average Bonchev–Trinajstić information content (AvgIpc) is 3.46. The van der Waals surface area contributed by atoms with Gasteiger partial charge in [-0.25, -0.2) is 0 Å². The minimum Gasteiger partial charge on any atom is -0.394 e. The third kappa shape index (κ3) is 29.0.